The van der Waals surface area contributed by atoms with E-state index in [1.54, 1.807) is 32.1 Å². The van der Waals surface area contributed by atoms with Crippen LogP contribution in [0.1, 0.15) is 65.2 Å². The summed E-state index contributed by atoms with van der Waals surface area (Å²) in [6.07, 6.45) is 12.4. The van der Waals surface area contributed by atoms with Gasteiger partial charge in [-0.05, 0) is 61.2 Å². The second-order valence-electron chi connectivity index (χ2n) is 7.24. The number of fused-ring (bicyclic) bond motifs is 2. The van der Waals surface area contributed by atoms with Gasteiger partial charge >= 0.3 is 0 Å². The molecular formula is C16H28. The first kappa shape index (κ1) is 11.1. The van der Waals surface area contributed by atoms with Crippen molar-refractivity contribution in [2.24, 2.45) is 35.5 Å². The van der Waals surface area contributed by atoms with E-state index in [2.05, 4.69) is 13.8 Å². The van der Waals surface area contributed by atoms with Crippen LogP contribution < -0.4 is 0 Å². The van der Waals surface area contributed by atoms with Gasteiger partial charge in [0.1, 0.15) is 0 Å². The van der Waals surface area contributed by atoms with Crippen LogP contribution in [-0.2, 0) is 0 Å². The lowest BCUT2D eigenvalue weighted by Crippen LogP contribution is -2.39. The van der Waals surface area contributed by atoms with E-state index >= 15 is 0 Å². The minimum atomic E-state index is 1.02. The fourth-order valence-corrected chi connectivity index (χ4v) is 5.21. The van der Waals surface area contributed by atoms with Crippen LogP contribution in [0.25, 0.3) is 0 Å². The highest BCUT2D eigenvalue weighted by Crippen LogP contribution is 2.52. The Kier molecular flexibility index (Phi) is 3.02. The smallest absolute Gasteiger partial charge is 0.0357 e. The third-order valence-corrected chi connectivity index (χ3v) is 6.15. The molecule has 3 saturated carbocycles. The molecule has 0 aromatic carbocycles. The van der Waals surface area contributed by atoms with E-state index in [1.807, 2.05) is 0 Å². The standard InChI is InChI=1S/C16H28/c1-11-6-7-13-9-14-5-3-4-12(2)16(14)10-15(13)8-11/h11-16H,3-10H2,1-2H3. The molecule has 0 saturated heterocycles. The minimum Gasteiger partial charge on any atom is -0.0625 e. The molecule has 0 heterocycles. The number of rotatable bonds is 0. The van der Waals surface area contributed by atoms with Crippen molar-refractivity contribution in [3.63, 3.8) is 0 Å². The van der Waals surface area contributed by atoms with E-state index in [4.69, 9.17) is 0 Å². The molecule has 0 spiro atoms. The third kappa shape index (κ3) is 1.93. The Hall–Kier alpha value is 0. The lowest BCUT2D eigenvalue weighted by Gasteiger charge is -2.49. The molecule has 0 aromatic heterocycles. The molecule has 6 unspecified atom stereocenters. The zero-order chi connectivity index (χ0) is 11.1. The SMILES string of the molecule is CC1CCC2CC3CCCC(C)C3CC2C1. The minimum absolute atomic E-state index is 1.02. The Labute approximate surface area is 101 Å². The lowest BCUT2D eigenvalue weighted by molar-refractivity contribution is 0.0121. The maximum absolute atomic E-state index is 2.53. The molecule has 0 bridgehead atoms. The first-order valence-electron chi connectivity index (χ1n) is 7.74. The summed E-state index contributed by atoms with van der Waals surface area (Å²) in [6.45, 7) is 5.01. The van der Waals surface area contributed by atoms with Crippen molar-refractivity contribution in [1.82, 2.24) is 0 Å². The molecule has 3 fully saturated rings. The fraction of sp³-hybridized carbons (Fsp3) is 1.00. The molecule has 0 amide bonds. The zero-order valence-electron chi connectivity index (χ0n) is 11.1. The molecular weight excluding hydrogens is 192 g/mol. The monoisotopic (exact) mass is 220 g/mol. The van der Waals surface area contributed by atoms with Crippen LogP contribution in [0.15, 0.2) is 0 Å². The van der Waals surface area contributed by atoms with E-state index in [1.165, 1.54) is 19.3 Å². The Morgan fingerprint density at radius 3 is 2.44 bits per heavy atom. The van der Waals surface area contributed by atoms with Crippen LogP contribution in [0.4, 0.5) is 0 Å². The lowest BCUT2D eigenvalue weighted by atomic mass is 9.56. The molecule has 6 atom stereocenters. The molecule has 0 aromatic rings. The average molecular weight is 220 g/mol. The maximum Gasteiger partial charge on any atom is -0.0357 e. The van der Waals surface area contributed by atoms with Crippen LogP contribution in [0.2, 0.25) is 0 Å². The summed E-state index contributed by atoms with van der Waals surface area (Å²) in [5.74, 6) is 6.54. The summed E-state index contributed by atoms with van der Waals surface area (Å²) in [7, 11) is 0. The molecule has 0 radical (unpaired) electrons. The van der Waals surface area contributed by atoms with Gasteiger partial charge < -0.3 is 0 Å². The molecule has 0 nitrogen and oxygen atoms in total. The van der Waals surface area contributed by atoms with Gasteiger partial charge in [0.2, 0.25) is 0 Å². The highest BCUT2D eigenvalue weighted by Gasteiger charge is 2.42. The number of hydrogen-bond donors (Lipinski definition) is 0. The predicted octanol–water partition coefficient (Wildman–Crippen LogP) is 4.89. The Bertz CT molecular complexity index is 244. The van der Waals surface area contributed by atoms with Gasteiger partial charge in [0.15, 0.2) is 0 Å². The topological polar surface area (TPSA) is 0 Å². The molecule has 16 heavy (non-hydrogen) atoms. The van der Waals surface area contributed by atoms with Crippen LogP contribution in [0.5, 0.6) is 0 Å². The Morgan fingerprint density at radius 1 is 0.688 bits per heavy atom. The van der Waals surface area contributed by atoms with E-state index in [0.717, 1.165) is 35.5 Å². The van der Waals surface area contributed by atoms with Gasteiger partial charge in [-0.2, -0.15) is 0 Å². The second kappa shape index (κ2) is 4.35. The Balaban J connectivity index is 1.70. The van der Waals surface area contributed by atoms with E-state index in [-0.39, 0.29) is 0 Å². The molecule has 3 aliphatic carbocycles. The van der Waals surface area contributed by atoms with Crippen molar-refractivity contribution in [2.75, 3.05) is 0 Å². The highest BCUT2D eigenvalue weighted by molar-refractivity contribution is 4.92. The van der Waals surface area contributed by atoms with Gasteiger partial charge in [-0.15, -0.1) is 0 Å². The maximum atomic E-state index is 2.53. The molecule has 0 aliphatic heterocycles. The molecule has 3 aliphatic rings. The highest BCUT2D eigenvalue weighted by atomic mass is 14.5. The van der Waals surface area contributed by atoms with Crippen LogP contribution in [0.3, 0.4) is 0 Å². The van der Waals surface area contributed by atoms with Crippen molar-refractivity contribution in [1.29, 1.82) is 0 Å². The quantitative estimate of drug-likeness (QED) is 0.545. The number of hydrogen-bond acceptors (Lipinski definition) is 0. The van der Waals surface area contributed by atoms with Crippen molar-refractivity contribution in [2.45, 2.75) is 65.2 Å². The zero-order valence-corrected chi connectivity index (χ0v) is 11.1. The van der Waals surface area contributed by atoms with Gasteiger partial charge in [0.05, 0.1) is 0 Å². The van der Waals surface area contributed by atoms with E-state index in [9.17, 15) is 0 Å². The van der Waals surface area contributed by atoms with Crippen LogP contribution in [0, 0.1) is 35.5 Å². The molecule has 92 valence electrons. The normalized spacial score (nSPS) is 52.9. The summed E-state index contributed by atoms with van der Waals surface area (Å²) in [4.78, 5) is 0. The predicted molar refractivity (Wildman–Crippen MR) is 69.2 cm³/mol. The summed E-state index contributed by atoms with van der Waals surface area (Å²) >= 11 is 0. The van der Waals surface area contributed by atoms with Gasteiger partial charge in [0.25, 0.3) is 0 Å². The summed E-state index contributed by atoms with van der Waals surface area (Å²) < 4.78 is 0. The van der Waals surface area contributed by atoms with Gasteiger partial charge in [-0.25, -0.2) is 0 Å². The van der Waals surface area contributed by atoms with Crippen LogP contribution in [-0.4, -0.2) is 0 Å². The average Bonchev–Trinajstić information content (AvgIpc) is 2.28. The van der Waals surface area contributed by atoms with Crippen molar-refractivity contribution >= 4 is 0 Å². The summed E-state index contributed by atoms with van der Waals surface area (Å²) in [5.41, 5.74) is 0. The van der Waals surface area contributed by atoms with Gasteiger partial charge in [0, 0.05) is 0 Å². The van der Waals surface area contributed by atoms with Crippen molar-refractivity contribution in [3.8, 4) is 0 Å². The molecule has 0 N–H and O–H groups in total. The summed E-state index contributed by atoms with van der Waals surface area (Å²) in [5, 5.41) is 0. The van der Waals surface area contributed by atoms with Gasteiger partial charge in [-0.3, -0.25) is 0 Å². The second-order valence-corrected chi connectivity index (χ2v) is 7.24. The van der Waals surface area contributed by atoms with Crippen molar-refractivity contribution < 1.29 is 0 Å². The van der Waals surface area contributed by atoms with E-state index < -0.39 is 0 Å². The van der Waals surface area contributed by atoms with E-state index in [0.29, 0.717) is 0 Å². The van der Waals surface area contributed by atoms with Crippen LogP contribution >= 0.6 is 0 Å². The van der Waals surface area contributed by atoms with Gasteiger partial charge in [-0.1, -0.05) is 39.5 Å². The molecule has 0 heteroatoms. The molecule has 3 rings (SSSR count). The Morgan fingerprint density at radius 2 is 1.56 bits per heavy atom. The fourth-order valence-electron chi connectivity index (χ4n) is 5.21. The largest absolute Gasteiger partial charge is 0.0625 e. The first-order valence-corrected chi connectivity index (χ1v) is 7.74. The summed E-state index contributed by atoms with van der Waals surface area (Å²) in [6, 6.07) is 0. The van der Waals surface area contributed by atoms with Crippen molar-refractivity contribution in [3.05, 3.63) is 0 Å². The first-order chi connectivity index (χ1) is 7.74. The third-order valence-electron chi connectivity index (χ3n) is 6.15.